The molecule has 1 aliphatic rings. The van der Waals surface area contributed by atoms with Gasteiger partial charge < -0.3 is 23.7 Å². The fourth-order valence-corrected chi connectivity index (χ4v) is 5.97. The number of amides is 2. The molecule has 30 heteroatoms. The number of rotatable bonds is 18. The fourth-order valence-electron chi connectivity index (χ4n) is 4.67. The molecule has 4 heterocycles. The van der Waals surface area contributed by atoms with Gasteiger partial charge in [0.1, 0.15) is 0 Å². The van der Waals surface area contributed by atoms with Crippen LogP contribution in [-0.4, -0.2) is 98.8 Å². The van der Waals surface area contributed by atoms with E-state index in [0.717, 1.165) is 67.1 Å². The molecule has 4 rings (SSSR count). The molecule has 0 spiro atoms. The van der Waals surface area contributed by atoms with Crippen molar-refractivity contribution < 1.29 is 211 Å². The van der Waals surface area contributed by atoms with Gasteiger partial charge in [0.2, 0.25) is 21.9 Å². The van der Waals surface area contributed by atoms with Gasteiger partial charge in [0.15, 0.2) is 16.6 Å². The Balaban J connectivity index is -0.000000275. The molecule has 0 aromatic carbocycles. The van der Waals surface area contributed by atoms with Crippen LogP contribution >= 0.6 is 46.7 Å². The van der Waals surface area contributed by atoms with Gasteiger partial charge in [-0.3, -0.25) is 30.5 Å². The molecule has 336 valence electrons. The summed E-state index contributed by atoms with van der Waals surface area (Å²) in [5.41, 5.74) is -0.0356. The second kappa shape index (κ2) is 39.1. The average molecular weight is 1930 g/mol. The number of thioether (sulfide) groups is 2. The first kappa shape index (κ1) is 65.3. The second-order valence-corrected chi connectivity index (χ2v) is 13.3. The van der Waals surface area contributed by atoms with Crippen LogP contribution in [0.15, 0.2) is 28.5 Å². The zero-order chi connectivity index (χ0) is 45.0. The summed E-state index contributed by atoms with van der Waals surface area (Å²) in [5, 5.41) is 24.4. The Kier molecular flexibility index (Phi) is 41.1. The number of carbonyl (C=O) groups is 2. The third-order valence-corrected chi connectivity index (χ3v) is 8.78. The van der Waals surface area contributed by atoms with Crippen molar-refractivity contribution in [2.24, 2.45) is 0 Å². The maximum Gasteiger partial charge on any atom is 0.416 e. The Bertz CT molecular complexity index is 1850. The van der Waals surface area contributed by atoms with Crippen molar-refractivity contribution in [3.63, 3.8) is 0 Å². The summed E-state index contributed by atoms with van der Waals surface area (Å²) in [4.78, 5) is 66.3. The van der Waals surface area contributed by atoms with Crippen molar-refractivity contribution in [2.45, 2.75) is 75.7 Å². The predicted octanol–water partition coefficient (Wildman–Crippen LogP) is 7.97. The molecule has 1 atom stereocenters. The van der Waals surface area contributed by atoms with E-state index in [4.69, 9.17) is 48.1 Å². The molecule has 1 fully saturated rings. The largest absolute Gasteiger partial charge is 0.450 e. The summed E-state index contributed by atoms with van der Waals surface area (Å²) in [5.74, 6) is -0.551. The van der Waals surface area contributed by atoms with Gasteiger partial charge in [-0.15, -0.1) is 0 Å². The van der Waals surface area contributed by atoms with Gasteiger partial charge in [-0.25, -0.2) is 24.5 Å². The molecule has 0 saturated carbocycles. The van der Waals surface area contributed by atoms with E-state index < -0.39 is 33.4 Å². The number of halogens is 2. The normalized spacial score (nSPS) is 12.5. The van der Waals surface area contributed by atoms with Gasteiger partial charge >= 0.3 is 23.6 Å². The number of nitro groups is 2. The van der Waals surface area contributed by atoms with E-state index >= 15 is 0 Å². The molecular formula is C32H45Cl2N9O11S2U4V2. The summed E-state index contributed by atoms with van der Waals surface area (Å²) in [7, 11) is 0. The van der Waals surface area contributed by atoms with E-state index in [1.165, 1.54) is 0 Å². The molecule has 3 aromatic rings. The van der Waals surface area contributed by atoms with Gasteiger partial charge in [0.25, 0.3) is 0 Å². The molecule has 2 radical (unpaired) electrons. The number of anilines is 2. The predicted molar refractivity (Wildman–Crippen MR) is 212 cm³/mol. The minimum absolute atomic E-state index is 0. The number of nitrogens with one attached hydrogen (secondary N) is 1. The third-order valence-electron chi connectivity index (χ3n) is 7.15. The van der Waals surface area contributed by atoms with E-state index in [-0.39, 0.29) is 226 Å². The molecule has 1 aliphatic heterocycles. The first-order valence-electron chi connectivity index (χ1n) is 19.1. The van der Waals surface area contributed by atoms with Gasteiger partial charge in [-0.05, 0) is 70.6 Å². The van der Waals surface area contributed by atoms with E-state index in [2.05, 4.69) is 35.0 Å². The average Bonchev–Trinajstić information content (AvgIpc) is 3.24. The Morgan fingerprint density at radius 1 is 0.887 bits per heavy atom. The molecular weight excluding hydrogens is 1880 g/mol. The number of hydrogen-bond donors (Lipinski definition) is 1. The van der Waals surface area contributed by atoms with Crippen LogP contribution in [-0.2, 0) is 73.9 Å². The van der Waals surface area contributed by atoms with Gasteiger partial charge in [0, 0.05) is 187 Å². The SMILES string of the molecule is CCOC(=O)N(Cc1cccc(COCCCCOC2CCCCO2)n1)c1nc(SC)nc(Cl)c1[N+](=O)[O-].CCOC(=O)Nc1nc(SC)nc(Cl)c1[N+](=O)[O-].[3H][3H].[3H][3H].[U].[U].[U].[U].[V].[V]. The molecule has 3 aromatic heterocycles. The quantitative estimate of drug-likeness (QED) is 0.0317. The van der Waals surface area contributed by atoms with E-state index in [0.29, 0.717) is 24.6 Å². The van der Waals surface area contributed by atoms with Crippen molar-refractivity contribution in [3.05, 3.63) is 60.1 Å². The Morgan fingerprint density at radius 3 is 2.03 bits per heavy atom. The smallest absolute Gasteiger partial charge is 0.416 e. The summed E-state index contributed by atoms with van der Waals surface area (Å²) >= 11 is 14.0. The number of pyridine rings is 1. The van der Waals surface area contributed by atoms with Crippen molar-refractivity contribution in [3.8, 4) is 0 Å². The van der Waals surface area contributed by atoms with E-state index in [1.807, 2.05) is 0 Å². The van der Waals surface area contributed by atoms with Crippen LogP contribution in [0.1, 0.15) is 63.3 Å². The summed E-state index contributed by atoms with van der Waals surface area (Å²) in [6.07, 6.45) is 6.49. The van der Waals surface area contributed by atoms with Crippen LogP contribution in [0.3, 0.4) is 0 Å². The maximum atomic E-state index is 12.8. The zero-order valence-corrected chi connectivity index (χ0v) is 56.4. The second-order valence-electron chi connectivity index (χ2n) is 11.1. The van der Waals surface area contributed by atoms with Crippen molar-refractivity contribution in [1.29, 1.82) is 0 Å². The standard InChI is InChI=1S/C24H32ClN5O7S.C8H9ClN4O4S.4U.2V.2H2/c1-3-35-24(31)29(22-20(30(32)33)21(25)27-23(28-22)38-2)15-17-9-8-10-18(26-17)16-34-12-6-7-14-37-19-11-4-5-13-36-19;1-3-17-8(14)12-6-4(13(15)16)5(9)10-7(11-6)18-2;;;;;;;;/h8-10,19H,3-7,11-16H2,1-2H3;3H2,1-2H3,(H,10,11,12,14);;;;;;;2*1H/i;;;;;;;;2*1+2T. The fraction of sp³-hybridized carbons (Fsp3) is 0.531. The van der Waals surface area contributed by atoms with Crippen LogP contribution in [0.25, 0.3) is 0 Å². The molecule has 0 aliphatic carbocycles. The van der Waals surface area contributed by atoms with Gasteiger partial charge in [-0.2, -0.15) is 9.97 Å². The van der Waals surface area contributed by atoms with Gasteiger partial charge in [-0.1, -0.05) is 52.8 Å². The maximum absolute atomic E-state index is 12.8. The summed E-state index contributed by atoms with van der Waals surface area (Å²) < 4.78 is 46.8. The number of hydrogen-bond acceptors (Lipinski definition) is 18. The number of nitrogens with zero attached hydrogens (tertiary/aromatic N) is 8. The molecule has 20 nitrogen and oxygen atoms in total. The topological polar surface area (TPSA) is 246 Å². The Hall–Kier alpha value is 1.19. The first-order valence-corrected chi connectivity index (χ1v) is 20.3. The Morgan fingerprint density at radius 2 is 1.47 bits per heavy atom. The molecule has 2 amide bonds. The van der Waals surface area contributed by atoms with Crippen LogP contribution in [0.2, 0.25) is 10.3 Å². The van der Waals surface area contributed by atoms with Crippen LogP contribution in [0, 0.1) is 145 Å². The monoisotopic (exact) mass is 1930 g/mol. The van der Waals surface area contributed by atoms with Crippen molar-refractivity contribution in [1.82, 2.24) is 24.9 Å². The van der Waals surface area contributed by atoms with Crippen LogP contribution in [0.4, 0.5) is 32.6 Å². The molecule has 1 N–H and O–H groups in total. The number of ether oxygens (including phenoxy) is 5. The molecule has 0 bridgehead atoms. The van der Waals surface area contributed by atoms with E-state index in [9.17, 15) is 29.8 Å². The minimum Gasteiger partial charge on any atom is -0.450 e. The number of aromatic nitrogens is 5. The summed E-state index contributed by atoms with van der Waals surface area (Å²) in [6, 6.07) is 5.28. The number of carbonyl (C=O) groups excluding carboxylic acids is 2. The summed E-state index contributed by atoms with van der Waals surface area (Å²) in [6.45, 7) is 5.52. The molecule has 1 saturated heterocycles. The number of unbranched alkanes of at least 4 members (excludes halogenated alkanes) is 1. The molecule has 1 unspecified atom stereocenters. The van der Waals surface area contributed by atoms with Crippen molar-refractivity contribution >= 4 is 81.9 Å². The first-order chi connectivity index (χ1) is 28.9. The minimum atomic E-state index is -0.845. The van der Waals surface area contributed by atoms with Crippen LogP contribution in [0.5, 0.6) is 0 Å². The van der Waals surface area contributed by atoms with Gasteiger partial charge in [0.05, 0.1) is 47.6 Å². The molecule has 62 heavy (non-hydrogen) atoms. The third kappa shape index (κ3) is 24.5. The van der Waals surface area contributed by atoms with Crippen molar-refractivity contribution in [2.75, 3.05) is 55.8 Å². The zero-order valence-electron chi connectivity index (χ0n) is 37.8. The van der Waals surface area contributed by atoms with Crippen LogP contribution < -0.4 is 10.2 Å². The van der Waals surface area contributed by atoms with E-state index in [1.54, 1.807) is 44.6 Å². The Labute approximate surface area is 502 Å².